The summed E-state index contributed by atoms with van der Waals surface area (Å²) in [5, 5.41) is 87.7. The summed E-state index contributed by atoms with van der Waals surface area (Å²) >= 11 is 0. The van der Waals surface area contributed by atoms with Gasteiger partial charge in [-0.25, -0.2) is 0 Å². The van der Waals surface area contributed by atoms with Gasteiger partial charge in [-0.05, 0) is 131 Å². The summed E-state index contributed by atoms with van der Waals surface area (Å²) in [5.41, 5.74) is -0.199. The quantitative estimate of drug-likeness (QED) is 0.160. The van der Waals surface area contributed by atoms with Gasteiger partial charge in [0.15, 0.2) is 12.6 Å². The average Bonchev–Trinajstić information content (AvgIpc) is 3.49. The molecular weight excluding hydrogens is 696 g/mol. The molecule has 12 heteroatoms. The maximum Gasteiger partial charge on any atom is 0.187 e. The first-order valence-electron chi connectivity index (χ1n) is 20.7. The number of aliphatic hydroxyl groups excluding tert-OH is 8. The monoisotopic (exact) mass is 769 g/mol. The highest BCUT2D eigenvalue weighted by atomic mass is 16.7. The smallest absolute Gasteiger partial charge is 0.187 e. The van der Waals surface area contributed by atoms with Crippen LogP contribution in [0.5, 0.6) is 0 Å². The van der Waals surface area contributed by atoms with Gasteiger partial charge in [0.05, 0.1) is 30.5 Å². The zero-order chi connectivity index (χ0) is 39.9. The van der Waals surface area contributed by atoms with E-state index in [2.05, 4.69) is 40.7 Å². The molecule has 8 N–H and O–H groups in total. The van der Waals surface area contributed by atoms with Gasteiger partial charge in [0.2, 0.25) is 0 Å². The van der Waals surface area contributed by atoms with Gasteiger partial charge in [0, 0.05) is 0 Å². The second-order valence-electron chi connectivity index (χ2n) is 20.1. The van der Waals surface area contributed by atoms with Crippen molar-refractivity contribution in [2.75, 3.05) is 6.61 Å². The van der Waals surface area contributed by atoms with E-state index in [1.54, 1.807) is 0 Å². The van der Waals surface area contributed by atoms with Crippen LogP contribution in [-0.4, -0.2) is 127 Å². The van der Waals surface area contributed by atoms with Gasteiger partial charge in [-0.2, -0.15) is 0 Å². The highest BCUT2D eigenvalue weighted by molar-refractivity contribution is 5.20. The van der Waals surface area contributed by atoms with Crippen molar-refractivity contribution in [2.24, 2.45) is 45.3 Å². The maximum absolute atomic E-state index is 12.4. The van der Waals surface area contributed by atoms with Crippen molar-refractivity contribution in [1.29, 1.82) is 0 Å². The summed E-state index contributed by atoms with van der Waals surface area (Å²) in [6, 6.07) is 0. The minimum Gasteiger partial charge on any atom is -0.393 e. The molecule has 4 aliphatic carbocycles. The first kappa shape index (κ1) is 42.9. The van der Waals surface area contributed by atoms with Crippen molar-refractivity contribution in [3.63, 3.8) is 0 Å². The van der Waals surface area contributed by atoms with Crippen molar-refractivity contribution in [2.45, 2.75) is 199 Å². The molecule has 2 heterocycles. The Hall–Kier alpha value is -0.740. The SMILES string of the molecule is CC(C)=CCC[C@](C)(O[C@@H]1O[C@H](CO[C@@H]2O[C@H](C)[C@@H](O)[C@H](O)[C@H]2O)[C@H](O)[C@@H](O)[C@@H]1O)[C@@H]1CC[C@]2(C)[C@H]1[C@H](O)C[C@H]1[C@@]3(C)CC[C@H](O)C(C)(C)[C@@H]3CC[C@@]12C. The lowest BCUT2D eigenvalue weighted by Gasteiger charge is -2.70. The van der Waals surface area contributed by atoms with Gasteiger partial charge in [0.25, 0.3) is 0 Å². The predicted molar refractivity (Wildman–Crippen MR) is 200 cm³/mol. The number of allylic oxidation sites excluding steroid dienone is 2. The molecule has 0 aromatic rings. The van der Waals surface area contributed by atoms with Crippen LogP contribution in [0.25, 0.3) is 0 Å². The Kier molecular flexibility index (Phi) is 12.0. The highest BCUT2D eigenvalue weighted by Gasteiger charge is 2.71. The number of ether oxygens (including phenoxy) is 4. The Bertz CT molecular complexity index is 1360. The largest absolute Gasteiger partial charge is 0.393 e. The third-order valence-corrected chi connectivity index (χ3v) is 16.6. The fourth-order valence-corrected chi connectivity index (χ4v) is 13.2. The molecule has 20 atom stereocenters. The van der Waals surface area contributed by atoms with Crippen molar-refractivity contribution in [3.8, 4) is 0 Å². The van der Waals surface area contributed by atoms with Gasteiger partial charge in [-0.15, -0.1) is 0 Å². The summed E-state index contributed by atoms with van der Waals surface area (Å²) < 4.78 is 24.4. The Morgan fingerprint density at radius 3 is 2.04 bits per heavy atom. The second-order valence-corrected chi connectivity index (χ2v) is 20.1. The molecule has 0 radical (unpaired) electrons. The maximum atomic E-state index is 12.4. The van der Waals surface area contributed by atoms with E-state index in [1.165, 1.54) is 6.92 Å². The summed E-state index contributed by atoms with van der Waals surface area (Å²) in [6.07, 6.45) is -5.15. The molecule has 2 aliphatic heterocycles. The molecule has 0 bridgehead atoms. The van der Waals surface area contributed by atoms with Crippen LogP contribution < -0.4 is 0 Å². The molecule has 2 saturated heterocycles. The van der Waals surface area contributed by atoms with E-state index in [1.807, 2.05) is 20.8 Å². The van der Waals surface area contributed by atoms with Crippen molar-refractivity contribution < 1.29 is 59.8 Å². The molecule has 6 aliphatic rings. The lowest BCUT2D eigenvalue weighted by atomic mass is 9.35. The van der Waals surface area contributed by atoms with Gasteiger partial charge >= 0.3 is 0 Å². The third-order valence-electron chi connectivity index (χ3n) is 16.6. The van der Waals surface area contributed by atoms with E-state index in [0.29, 0.717) is 31.1 Å². The number of hydrogen-bond acceptors (Lipinski definition) is 12. The van der Waals surface area contributed by atoms with E-state index in [9.17, 15) is 40.9 Å². The van der Waals surface area contributed by atoms with Crippen LogP contribution in [0.3, 0.4) is 0 Å². The summed E-state index contributed by atoms with van der Waals surface area (Å²) in [5.74, 6) is 0.460. The minimum absolute atomic E-state index is 0.00519. The fourth-order valence-electron chi connectivity index (χ4n) is 13.2. The molecule has 0 unspecified atom stereocenters. The Morgan fingerprint density at radius 1 is 0.741 bits per heavy atom. The normalized spacial score (nSPS) is 52.8. The Balaban J connectivity index is 1.26. The molecule has 0 aromatic carbocycles. The zero-order valence-electron chi connectivity index (χ0n) is 34.1. The molecule has 54 heavy (non-hydrogen) atoms. The predicted octanol–water partition coefficient (Wildman–Crippen LogP) is 3.18. The van der Waals surface area contributed by atoms with Gasteiger partial charge in [-0.1, -0.05) is 46.3 Å². The molecule has 0 spiro atoms. The van der Waals surface area contributed by atoms with E-state index in [4.69, 9.17) is 18.9 Å². The standard InChI is InChI=1S/C42H72O12/c1-21(2)11-10-15-42(9,54-37-35(50)33(48)31(46)25(53-37)20-51-36-34(49)32(47)30(45)22(3)52-36)23-12-17-41(8)29(23)24(43)19-27-39(6)16-14-28(44)38(4,5)26(39)13-18-40(27,41)7/h11,22-37,43-50H,10,12-20H2,1-9H3/t22-,23-,24-,25-,26+,27+,28+,29-,30-,31+,32+,33-,34-,35+,36-,37+,39+,40+,41-,42+/m1/s1. The van der Waals surface area contributed by atoms with Crippen LogP contribution in [0.4, 0.5) is 0 Å². The van der Waals surface area contributed by atoms with Crippen LogP contribution in [0, 0.1) is 45.3 Å². The fraction of sp³-hybridized carbons (Fsp3) is 0.952. The Morgan fingerprint density at radius 2 is 1.37 bits per heavy atom. The zero-order valence-corrected chi connectivity index (χ0v) is 34.1. The summed E-state index contributed by atoms with van der Waals surface area (Å²) in [4.78, 5) is 0. The van der Waals surface area contributed by atoms with Crippen LogP contribution >= 0.6 is 0 Å². The lowest BCUT2D eigenvalue weighted by molar-refractivity contribution is -0.348. The lowest BCUT2D eigenvalue weighted by Crippen LogP contribution is -2.67. The average molecular weight is 769 g/mol. The third kappa shape index (κ3) is 6.87. The number of fused-ring (bicyclic) bond motifs is 5. The van der Waals surface area contributed by atoms with Gasteiger partial charge in [-0.3, -0.25) is 0 Å². The van der Waals surface area contributed by atoms with Crippen molar-refractivity contribution in [1.82, 2.24) is 0 Å². The minimum atomic E-state index is -1.63. The molecule has 0 amide bonds. The molecule has 6 rings (SSSR count). The Labute approximate surface area is 322 Å². The second kappa shape index (κ2) is 15.1. The molecule has 12 nitrogen and oxygen atoms in total. The van der Waals surface area contributed by atoms with Crippen LogP contribution in [0.15, 0.2) is 11.6 Å². The van der Waals surface area contributed by atoms with Crippen LogP contribution in [0.2, 0.25) is 0 Å². The summed E-state index contributed by atoms with van der Waals surface area (Å²) in [7, 11) is 0. The highest BCUT2D eigenvalue weighted by Crippen LogP contribution is 2.76. The van der Waals surface area contributed by atoms with Crippen LogP contribution in [-0.2, 0) is 18.9 Å². The number of hydrogen-bond donors (Lipinski definition) is 8. The number of rotatable bonds is 9. The van der Waals surface area contributed by atoms with Gasteiger partial charge in [0.1, 0.15) is 42.7 Å². The molecule has 0 aromatic heterocycles. The topological polar surface area (TPSA) is 199 Å². The van der Waals surface area contributed by atoms with E-state index >= 15 is 0 Å². The molecule has 312 valence electrons. The summed E-state index contributed by atoms with van der Waals surface area (Å²) in [6.45, 7) is 19.0. The molecular formula is C42H72O12. The van der Waals surface area contributed by atoms with E-state index < -0.39 is 73.1 Å². The van der Waals surface area contributed by atoms with E-state index in [-0.39, 0.29) is 46.2 Å². The molecule has 6 fully saturated rings. The molecule has 4 saturated carbocycles. The van der Waals surface area contributed by atoms with Gasteiger partial charge < -0.3 is 59.8 Å². The van der Waals surface area contributed by atoms with Crippen LogP contribution in [0.1, 0.15) is 120 Å². The first-order valence-corrected chi connectivity index (χ1v) is 20.7. The van der Waals surface area contributed by atoms with Crippen molar-refractivity contribution in [3.05, 3.63) is 11.6 Å². The number of aliphatic hydroxyl groups is 8. The van der Waals surface area contributed by atoms with E-state index in [0.717, 1.165) is 44.1 Å². The first-order chi connectivity index (χ1) is 25.0. The van der Waals surface area contributed by atoms with Crippen molar-refractivity contribution >= 4 is 0 Å².